The molecule has 2 fully saturated rings. The zero-order valence-corrected chi connectivity index (χ0v) is 19.5. The summed E-state index contributed by atoms with van der Waals surface area (Å²) in [5.74, 6) is -1.67. The second-order valence-electron chi connectivity index (χ2n) is 7.71. The van der Waals surface area contributed by atoms with Crippen LogP contribution in [0.25, 0.3) is 0 Å². The number of methoxy groups -OCH3 is 1. The van der Waals surface area contributed by atoms with Crippen LogP contribution in [0, 0.1) is 0 Å². The van der Waals surface area contributed by atoms with E-state index in [1.807, 2.05) is 0 Å². The lowest BCUT2D eigenvalue weighted by Gasteiger charge is -2.49. The molecule has 0 saturated carbocycles. The summed E-state index contributed by atoms with van der Waals surface area (Å²) in [4.78, 5) is 38.8. The molecule has 3 aliphatic rings. The quantitative estimate of drug-likeness (QED) is 0.326. The molecule has 3 aliphatic heterocycles. The van der Waals surface area contributed by atoms with E-state index in [9.17, 15) is 18.6 Å². The number of hydrogen-bond donors (Lipinski definition) is 1. The molecule has 0 aliphatic carbocycles. The summed E-state index contributed by atoms with van der Waals surface area (Å²) in [5.41, 5.74) is 0.934. The van der Waals surface area contributed by atoms with Gasteiger partial charge in [-0.25, -0.2) is 4.79 Å². The monoisotopic (exact) mass is 498 g/mol. The Hall–Kier alpha value is -2.47. The third-order valence-electron chi connectivity index (χ3n) is 5.44. The van der Waals surface area contributed by atoms with Crippen LogP contribution in [0.2, 0.25) is 0 Å². The first-order valence-electron chi connectivity index (χ1n) is 10.2. The molecule has 0 aromatic heterocycles. The molecule has 12 heteroatoms. The van der Waals surface area contributed by atoms with Crippen LogP contribution in [-0.2, 0) is 46.0 Å². The Balaban J connectivity index is 1.59. The van der Waals surface area contributed by atoms with Gasteiger partial charge in [0, 0.05) is 5.57 Å². The minimum atomic E-state index is -1.61. The number of carbonyl (C=O) groups is 3. The van der Waals surface area contributed by atoms with E-state index >= 15 is 0 Å². The lowest BCUT2D eigenvalue weighted by molar-refractivity contribution is -0.154. The van der Waals surface area contributed by atoms with Crippen LogP contribution in [0.1, 0.15) is 12.5 Å². The Morgan fingerprint density at radius 1 is 1.30 bits per heavy atom. The molecule has 178 valence electrons. The van der Waals surface area contributed by atoms with Gasteiger partial charge in [0.05, 0.1) is 36.4 Å². The van der Waals surface area contributed by atoms with E-state index in [0.717, 1.165) is 4.90 Å². The first-order chi connectivity index (χ1) is 15.8. The molecule has 4 unspecified atom stereocenters. The van der Waals surface area contributed by atoms with Crippen molar-refractivity contribution in [2.45, 2.75) is 37.3 Å². The highest BCUT2D eigenvalue weighted by Crippen LogP contribution is 2.38. The van der Waals surface area contributed by atoms with Crippen molar-refractivity contribution in [3.8, 4) is 5.75 Å². The Morgan fingerprint density at radius 2 is 2.03 bits per heavy atom. The maximum Gasteiger partial charge on any atom is 0.355 e. The van der Waals surface area contributed by atoms with Gasteiger partial charge in [-0.05, 0) is 24.6 Å². The molecule has 1 aromatic rings. The van der Waals surface area contributed by atoms with E-state index in [2.05, 4.69) is 5.32 Å². The smallest absolute Gasteiger partial charge is 0.355 e. The Morgan fingerprint density at radius 3 is 2.64 bits per heavy atom. The minimum Gasteiger partial charge on any atom is -0.497 e. The van der Waals surface area contributed by atoms with Gasteiger partial charge in [0.2, 0.25) is 5.91 Å². The third kappa shape index (κ3) is 4.63. The lowest BCUT2D eigenvalue weighted by atomic mass is 10.0. The van der Waals surface area contributed by atoms with Crippen LogP contribution in [0.3, 0.4) is 0 Å². The van der Waals surface area contributed by atoms with Crippen molar-refractivity contribution in [2.24, 2.45) is 0 Å². The molecule has 4 rings (SSSR count). The van der Waals surface area contributed by atoms with E-state index < -0.39 is 46.3 Å². The van der Waals surface area contributed by atoms with Gasteiger partial charge in [-0.1, -0.05) is 12.1 Å². The number of hydrogen-bond acceptors (Lipinski definition) is 8. The second kappa shape index (κ2) is 9.80. The fraction of sp³-hybridized carbons (Fsp3) is 0.476. The van der Waals surface area contributed by atoms with Crippen molar-refractivity contribution >= 4 is 40.2 Å². The summed E-state index contributed by atoms with van der Waals surface area (Å²) in [5, 5.41) is 1.55. The number of carbonyl (C=O) groups excluding carboxylic acids is 3. The zero-order valence-electron chi connectivity index (χ0n) is 17.9. The number of alkyl halides is 1. The number of nitrogens with zero attached hydrogens (tertiary/aromatic N) is 1. The zero-order chi connectivity index (χ0) is 23.7. The van der Waals surface area contributed by atoms with Crippen molar-refractivity contribution in [2.75, 3.05) is 25.3 Å². The molecule has 1 N–H and O–H groups in total. The second-order valence-corrected chi connectivity index (χ2v) is 9.51. The minimum absolute atomic E-state index is 0.0510. The van der Waals surface area contributed by atoms with Gasteiger partial charge in [-0.2, -0.15) is 0 Å². The van der Waals surface area contributed by atoms with E-state index in [-0.39, 0.29) is 35.6 Å². The first-order valence-corrected chi connectivity index (χ1v) is 12.1. The molecule has 5 atom stereocenters. The molecule has 2 saturated heterocycles. The Labute approximate surface area is 197 Å². The van der Waals surface area contributed by atoms with E-state index in [4.69, 9.17) is 30.5 Å². The highest BCUT2D eigenvalue weighted by atomic mass is 35.5. The van der Waals surface area contributed by atoms with Gasteiger partial charge in [-0.15, -0.1) is 11.6 Å². The molecule has 0 bridgehead atoms. The number of rotatable bonds is 7. The number of nitrogens with one attached hydrogen (secondary N) is 1. The molecule has 0 spiro atoms. The van der Waals surface area contributed by atoms with Crippen LogP contribution in [0.15, 0.2) is 35.5 Å². The Bertz CT molecular complexity index is 1010. The molecule has 10 nitrogen and oxygen atoms in total. The van der Waals surface area contributed by atoms with E-state index in [1.165, 1.54) is 0 Å². The molecular formula is C21H23ClN2O8S. The number of esters is 1. The summed E-state index contributed by atoms with van der Waals surface area (Å²) in [6.45, 7) is 2.04. The van der Waals surface area contributed by atoms with Crippen LogP contribution >= 0.6 is 11.6 Å². The van der Waals surface area contributed by atoms with E-state index in [1.54, 1.807) is 38.3 Å². The first kappa shape index (κ1) is 23.7. The average Bonchev–Trinajstić information content (AvgIpc) is 3.26. The van der Waals surface area contributed by atoms with Crippen LogP contribution < -0.4 is 10.1 Å². The number of β-lactam (4-membered cyclic amide) rings is 1. The van der Waals surface area contributed by atoms with Gasteiger partial charge in [0.1, 0.15) is 35.3 Å². The standard InChI is InChI=1S/C21H23ClN2O8S/c1-11-8-31-21(32-11)14-10-33(28)19-16(23-15(25)7-22)18(26)24(19)17(14)20(27)30-9-12-3-5-13(29-2)6-4-12/h3-6,11,16,19,21H,7-10H2,1-2H3,(H,23,25)/t11?,16?,19-,21?,33?/m0/s1. The maximum absolute atomic E-state index is 13.2. The fourth-order valence-corrected chi connectivity index (χ4v) is 5.58. The summed E-state index contributed by atoms with van der Waals surface area (Å²) in [6.07, 6.45) is -1.15. The van der Waals surface area contributed by atoms with Crippen molar-refractivity contribution in [1.82, 2.24) is 10.2 Å². The van der Waals surface area contributed by atoms with E-state index in [0.29, 0.717) is 17.9 Å². The average molecular weight is 499 g/mol. The summed E-state index contributed by atoms with van der Waals surface area (Å²) in [7, 11) is -0.0589. The number of amides is 2. The fourth-order valence-electron chi connectivity index (χ4n) is 3.82. The SMILES string of the molecule is COc1ccc(COC(=O)C2=C(C3OCC(C)O3)CS(=O)[C@H]3C(NC(=O)CCl)C(=O)N23)cc1. The molecule has 3 heterocycles. The number of fused-ring (bicyclic) bond motifs is 1. The largest absolute Gasteiger partial charge is 0.497 e. The van der Waals surface area contributed by atoms with Crippen molar-refractivity contribution in [1.29, 1.82) is 0 Å². The highest BCUT2D eigenvalue weighted by molar-refractivity contribution is 7.86. The van der Waals surface area contributed by atoms with Crippen molar-refractivity contribution < 1.29 is 37.5 Å². The van der Waals surface area contributed by atoms with Gasteiger partial charge in [-0.3, -0.25) is 18.7 Å². The van der Waals surface area contributed by atoms with Gasteiger partial charge in [0.15, 0.2) is 6.29 Å². The number of halogens is 1. The van der Waals surface area contributed by atoms with Gasteiger partial charge >= 0.3 is 5.97 Å². The molecule has 2 amide bonds. The van der Waals surface area contributed by atoms with Crippen molar-refractivity contribution in [3.05, 3.63) is 41.1 Å². The lowest BCUT2D eigenvalue weighted by Crippen LogP contribution is -2.74. The molecular weight excluding hydrogens is 476 g/mol. The van der Waals surface area contributed by atoms with Gasteiger partial charge < -0.3 is 24.3 Å². The van der Waals surface area contributed by atoms with Gasteiger partial charge in [0.25, 0.3) is 5.91 Å². The summed E-state index contributed by atoms with van der Waals surface area (Å²) < 4.78 is 34.9. The molecule has 33 heavy (non-hydrogen) atoms. The number of benzene rings is 1. The van der Waals surface area contributed by atoms with Crippen LogP contribution in [0.4, 0.5) is 0 Å². The highest BCUT2D eigenvalue weighted by Gasteiger charge is 2.58. The predicted octanol–water partition coefficient (Wildman–Crippen LogP) is 0.408. The molecule has 0 radical (unpaired) electrons. The topological polar surface area (TPSA) is 120 Å². The summed E-state index contributed by atoms with van der Waals surface area (Å²) >= 11 is 5.52. The number of ether oxygens (including phenoxy) is 4. The van der Waals surface area contributed by atoms with Crippen LogP contribution in [0.5, 0.6) is 5.75 Å². The Kier molecular flexibility index (Phi) is 7.03. The van der Waals surface area contributed by atoms with Crippen molar-refractivity contribution in [3.63, 3.8) is 0 Å². The van der Waals surface area contributed by atoms with Crippen LogP contribution in [-0.4, -0.2) is 76.1 Å². The normalized spacial score (nSPS) is 28.8. The predicted molar refractivity (Wildman–Crippen MR) is 116 cm³/mol. The summed E-state index contributed by atoms with van der Waals surface area (Å²) in [6, 6.07) is 5.93. The third-order valence-corrected chi connectivity index (χ3v) is 7.30. The molecule has 1 aromatic carbocycles. The maximum atomic E-state index is 13.2.